The van der Waals surface area contributed by atoms with E-state index in [1.54, 1.807) is 53.7 Å². The number of hydrogen-bond donors (Lipinski definition) is 2. The summed E-state index contributed by atoms with van der Waals surface area (Å²) in [5.41, 5.74) is -3.50. The largest absolute Gasteiger partial charge is 0.481 e. The van der Waals surface area contributed by atoms with Crippen molar-refractivity contribution in [2.45, 2.75) is 93.9 Å². The number of rotatable bonds is 4. The Morgan fingerprint density at radius 3 is 1.12 bits per heavy atom. The molecule has 2 saturated heterocycles. The predicted molar refractivity (Wildman–Crippen MR) is 185 cm³/mol. The maximum atomic E-state index is 14.1. The highest BCUT2D eigenvalue weighted by Gasteiger charge is 2.65. The highest BCUT2D eigenvalue weighted by atomic mass is 16.4. The SMILES string of the molecule is Cc1cc2cc3cc(C)c(N4C(=O)[C@@]5(C)CC(C)(C(=O)O)C[C@](C)(C5)C4=O)cc3nc2cc1N1C(=O)[C@@]2(C)CC(C)(C(=O)O)C[C@](C)(C2)C1=O. The number of fused-ring (bicyclic) bond motifs is 6. The second-order valence-electron chi connectivity index (χ2n) is 17.6. The molecule has 4 bridgehead atoms. The van der Waals surface area contributed by atoms with Crippen LogP contribution in [0.15, 0.2) is 30.3 Å². The number of carbonyl (C=O) groups excluding carboxylic acids is 4. The van der Waals surface area contributed by atoms with Crippen LogP contribution < -0.4 is 9.80 Å². The van der Waals surface area contributed by atoms with Crippen LogP contribution in [0.1, 0.15) is 91.2 Å². The maximum absolute atomic E-state index is 14.1. The van der Waals surface area contributed by atoms with E-state index in [-0.39, 0.29) is 38.5 Å². The number of nitrogens with zero attached hydrogens (tertiary/aromatic N) is 3. The van der Waals surface area contributed by atoms with Crippen LogP contribution in [0.3, 0.4) is 0 Å². The number of amides is 4. The second-order valence-corrected chi connectivity index (χ2v) is 17.6. The molecule has 7 rings (SSSR count). The number of carboxylic acids is 2. The molecule has 50 heavy (non-hydrogen) atoms. The Balaban J connectivity index is 1.32. The lowest BCUT2D eigenvalue weighted by molar-refractivity contribution is -0.169. The van der Waals surface area contributed by atoms with Gasteiger partial charge in [-0.15, -0.1) is 0 Å². The molecule has 4 aliphatic rings. The van der Waals surface area contributed by atoms with Gasteiger partial charge in [-0.3, -0.25) is 28.8 Å². The molecule has 2 saturated carbocycles. The van der Waals surface area contributed by atoms with E-state index in [4.69, 9.17) is 4.98 Å². The summed E-state index contributed by atoms with van der Waals surface area (Å²) in [6, 6.07) is 9.10. The first kappa shape index (κ1) is 33.8. The Morgan fingerprint density at radius 2 is 0.840 bits per heavy atom. The van der Waals surface area contributed by atoms with Crippen molar-refractivity contribution in [2.75, 3.05) is 9.80 Å². The van der Waals surface area contributed by atoms with E-state index in [1.807, 2.05) is 32.0 Å². The van der Waals surface area contributed by atoms with Crippen LogP contribution in [0.5, 0.6) is 0 Å². The van der Waals surface area contributed by atoms with Gasteiger partial charge in [0.05, 0.1) is 33.2 Å². The zero-order valence-corrected chi connectivity index (χ0v) is 29.8. The van der Waals surface area contributed by atoms with Crippen molar-refractivity contribution >= 4 is 68.7 Å². The third-order valence-corrected chi connectivity index (χ3v) is 12.3. The number of piperidine rings is 2. The summed E-state index contributed by atoms with van der Waals surface area (Å²) in [6.45, 7) is 13.9. The Labute approximate surface area is 290 Å². The molecule has 4 amide bonds. The smallest absolute Gasteiger partial charge is 0.309 e. The molecule has 2 aromatic carbocycles. The number of carbonyl (C=O) groups is 6. The molecule has 2 aliphatic heterocycles. The fraction of sp³-hybridized carbons (Fsp3) is 0.513. The average molecular weight is 682 g/mol. The summed E-state index contributed by atoms with van der Waals surface area (Å²) in [5.74, 6) is -3.75. The van der Waals surface area contributed by atoms with Gasteiger partial charge in [-0.1, -0.05) is 27.7 Å². The van der Waals surface area contributed by atoms with E-state index in [2.05, 4.69) is 0 Å². The van der Waals surface area contributed by atoms with Crippen LogP contribution in [0.2, 0.25) is 0 Å². The number of aromatic nitrogens is 1. The number of aliphatic carboxylic acids is 2. The minimum Gasteiger partial charge on any atom is -0.481 e. The first-order valence-corrected chi connectivity index (χ1v) is 17.1. The second kappa shape index (κ2) is 9.98. The molecular weight excluding hydrogens is 638 g/mol. The zero-order valence-electron chi connectivity index (χ0n) is 29.8. The first-order valence-electron chi connectivity index (χ1n) is 17.1. The number of carboxylic acid groups (broad SMARTS) is 2. The molecule has 3 heterocycles. The number of hydrogen-bond acceptors (Lipinski definition) is 7. The minimum absolute atomic E-state index is 0.118. The van der Waals surface area contributed by atoms with Gasteiger partial charge in [-0.2, -0.15) is 0 Å². The van der Waals surface area contributed by atoms with E-state index >= 15 is 0 Å². The fourth-order valence-electron chi connectivity index (χ4n) is 10.8. The van der Waals surface area contributed by atoms with Gasteiger partial charge in [-0.25, -0.2) is 14.8 Å². The Morgan fingerprint density at radius 1 is 0.540 bits per heavy atom. The van der Waals surface area contributed by atoms with Crippen molar-refractivity contribution in [3.8, 4) is 0 Å². The molecule has 1 aromatic heterocycles. The number of pyridine rings is 1. The highest BCUT2D eigenvalue weighted by Crippen LogP contribution is 2.60. The molecule has 0 radical (unpaired) electrons. The lowest BCUT2D eigenvalue weighted by Gasteiger charge is -2.55. The predicted octanol–water partition coefficient (Wildman–Crippen LogP) is 6.33. The maximum Gasteiger partial charge on any atom is 0.309 e. The van der Waals surface area contributed by atoms with Gasteiger partial charge in [0.1, 0.15) is 0 Å². The van der Waals surface area contributed by atoms with Crippen LogP contribution in [0.25, 0.3) is 21.8 Å². The molecule has 2 unspecified atom stereocenters. The van der Waals surface area contributed by atoms with Gasteiger partial charge in [0.2, 0.25) is 23.6 Å². The van der Waals surface area contributed by atoms with Crippen molar-refractivity contribution in [3.05, 3.63) is 41.5 Å². The van der Waals surface area contributed by atoms with Crippen molar-refractivity contribution in [1.29, 1.82) is 0 Å². The molecule has 2 N–H and O–H groups in total. The number of anilines is 2. The lowest BCUT2D eigenvalue weighted by atomic mass is 9.51. The van der Waals surface area contributed by atoms with E-state index in [9.17, 15) is 39.0 Å². The van der Waals surface area contributed by atoms with Crippen molar-refractivity contribution in [2.24, 2.45) is 32.5 Å². The highest BCUT2D eigenvalue weighted by molar-refractivity contribution is 6.23. The quantitative estimate of drug-likeness (QED) is 0.237. The molecular formula is C39H43N3O8. The Bertz CT molecular complexity index is 1950. The Kier molecular flexibility index (Phi) is 6.75. The molecule has 11 nitrogen and oxygen atoms in total. The van der Waals surface area contributed by atoms with Crippen molar-refractivity contribution in [3.63, 3.8) is 0 Å². The van der Waals surface area contributed by atoms with Gasteiger partial charge in [0.25, 0.3) is 0 Å². The molecule has 6 atom stereocenters. The van der Waals surface area contributed by atoms with Crippen molar-refractivity contribution < 1.29 is 39.0 Å². The van der Waals surface area contributed by atoms with Gasteiger partial charge >= 0.3 is 11.9 Å². The third-order valence-electron chi connectivity index (χ3n) is 12.3. The van der Waals surface area contributed by atoms with Gasteiger partial charge in [-0.05, 0) is 108 Å². The lowest BCUT2D eigenvalue weighted by Crippen LogP contribution is -2.64. The minimum atomic E-state index is -1.21. The summed E-state index contributed by atoms with van der Waals surface area (Å²) < 4.78 is 0. The van der Waals surface area contributed by atoms with Gasteiger partial charge < -0.3 is 10.2 Å². The summed E-state index contributed by atoms with van der Waals surface area (Å²) in [7, 11) is 0. The number of imide groups is 2. The molecule has 4 fully saturated rings. The van der Waals surface area contributed by atoms with E-state index in [0.717, 1.165) is 10.8 Å². The summed E-state index contributed by atoms with van der Waals surface area (Å²) in [5, 5.41) is 21.6. The summed E-state index contributed by atoms with van der Waals surface area (Å²) in [6.07, 6.45) is 1.02. The van der Waals surface area contributed by atoms with E-state index in [1.165, 1.54) is 9.80 Å². The monoisotopic (exact) mass is 681 g/mol. The first-order chi connectivity index (χ1) is 23.0. The normalized spacial score (nSPS) is 35.6. The van der Waals surface area contributed by atoms with Crippen molar-refractivity contribution in [1.82, 2.24) is 4.98 Å². The molecule has 262 valence electrons. The van der Waals surface area contributed by atoms with Gasteiger partial charge in [0.15, 0.2) is 0 Å². The van der Waals surface area contributed by atoms with Crippen LogP contribution in [0.4, 0.5) is 11.4 Å². The summed E-state index contributed by atoms with van der Waals surface area (Å²) >= 11 is 0. The standard InChI is InChI=1S/C39H43N3O8/c1-20-9-22-11-23-10-21(2)27(42-30(45)36(5)15-37(6,31(42)46)19-39(8,18-36)33(49)50)13-25(23)40-24(22)12-26(20)41-28(43)34(3)14-35(4,29(41)44)17-38(7,16-34)32(47)48/h9-13H,14-19H2,1-8H3,(H,47,48)(H,49,50)/t34-,35+,36-,37+,38?,39?. The molecule has 11 heteroatoms. The Hall–Kier alpha value is -4.67. The van der Waals surface area contributed by atoms with Crippen LogP contribution in [-0.2, 0) is 28.8 Å². The number of aryl methyl sites for hydroxylation is 2. The average Bonchev–Trinajstić information content (AvgIpc) is 2.98. The van der Waals surface area contributed by atoms with Crippen LogP contribution in [0, 0.1) is 46.3 Å². The molecule has 3 aromatic rings. The fourth-order valence-corrected chi connectivity index (χ4v) is 10.8. The van der Waals surface area contributed by atoms with Crippen LogP contribution in [-0.4, -0.2) is 50.8 Å². The van der Waals surface area contributed by atoms with E-state index < -0.39 is 68.1 Å². The zero-order chi connectivity index (χ0) is 36.7. The molecule has 2 aliphatic carbocycles. The molecule has 0 spiro atoms. The number of benzene rings is 2. The van der Waals surface area contributed by atoms with E-state index in [0.29, 0.717) is 33.5 Å². The van der Waals surface area contributed by atoms with Crippen LogP contribution >= 0.6 is 0 Å². The van der Waals surface area contributed by atoms with Gasteiger partial charge in [0, 0.05) is 32.4 Å². The third kappa shape index (κ3) is 4.50. The topological polar surface area (TPSA) is 162 Å². The summed E-state index contributed by atoms with van der Waals surface area (Å²) in [4.78, 5) is 88.5.